The number of hydrogen-bond acceptors (Lipinski definition) is 3. The van der Waals surface area contributed by atoms with Gasteiger partial charge in [-0.15, -0.1) is 0 Å². The van der Waals surface area contributed by atoms with Crippen molar-refractivity contribution in [2.24, 2.45) is 0 Å². The van der Waals surface area contributed by atoms with Crippen LogP contribution in [0.3, 0.4) is 0 Å². The highest BCUT2D eigenvalue weighted by Crippen LogP contribution is 2.24. The first-order chi connectivity index (χ1) is 10.7. The van der Waals surface area contributed by atoms with Crippen molar-refractivity contribution in [1.82, 2.24) is 4.31 Å². The minimum Gasteiger partial charge on any atom is -0.321 e. The van der Waals surface area contributed by atoms with E-state index in [1.54, 1.807) is 12.1 Å². The Morgan fingerprint density at radius 2 is 1.83 bits per heavy atom. The van der Waals surface area contributed by atoms with Gasteiger partial charge in [0, 0.05) is 18.6 Å². The third-order valence-corrected chi connectivity index (χ3v) is 5.43. The van der Waals surface area contributed by atoms with Gasteiger partial charge in [-0.1, -0.05) is 28.1 Å². The predicted molar refractivity (Wildman–Crippen MR) is 89.4 cm³/mol. The van der Waals surface area contributed by atoms with Gasteiger partial charge in [-0.2, -0.15) is 0 Å². The number of hydrogen-bond donors (Lipinski definition) is 1. The summed E-state index contributed by atoms with van der Waals surface area (Å²) in [7, 11) is -0.956. The minimum absolute atomic E-state index is 0.0613. The van der Waals surface area contributed by atoms with Crippen LogP contribution in [-0.4, -0.2) is 32.7 Å². The van der Waals surface area contributed by atoms with E-state index in [0.29, 0.717) is 4.47 Å². The molecule has 8 heteroatoms. The zero-order valence-corrected chi connectivity index (χ0v) is 14.8. The number of rotatable bonds is 4. The van der Waals surface area contributed by atoms with Crippen molar-refractivity contribution in [2.45, 2.75) is 4.90 Å². The van der Waals surface area contributed by atoms with Crippen molar-refractivity contribution in [3.05, 3.63) is 58.3 Å². The maximum atomic E-state index is 13.8. The molecule has 2 aromatic rings. The normalized spacial score (nSPS) is 11.5. The van der Waals surface area contributed by atoms with Crippen molar-refractivity contribution < 1.29 is 17.6 Å². The Balaban J connectivity index is 2.42. The van der Waals surface area contributed by atoms with Crippen LogP contribution in [0.1, 0.15) is 10.4 Å². The fraction of sp³-hybridized carbons (Fsp3) is 0.133. The highest BCUT2D eigenvalue weighted by Gasteiger charge is 2.22. The Morgan fingerprint density at radius 1 is 1.17 bits per heavy atom. The van der Waals surface area contributed by atoms with Gasteiger partial charge in [0.25, 0.3) is 5.91 Å². The average molecular weight is 401 g/mol. The summed E-state index contributed by atoms with van der Waals surface area (Å²) >= 11 is 3.17. The number of carbonyl (C=O) groups is 1. The van der Waals surface area contributed by atoms with E-state index in [4.69, 9.17) is 0 Å². The van der Waals surface area contributed by atoms with E-state index < -0.39 is 21.7 Å². The lowest BCUT2D eigenvalue weighted by Crippen LogP contribution is -2.24. The summed E-state index contributed by atoms with van der Waals surface area (Å²) in [6.45, 7) is 0. The standard InChI is InChI=1S/C15H14BrFN2O3S/c1-19(2)23(21,22)14-6-4-3-5-13(14)18-15(20)11-9-10(16)7-8-12(11)17/h3-9H,1-2H3,(H,18,20). The van der Waals surface area contributed by atoms with Gasteiger partial charge in [0.15, 0.2) is 0 Å². The lowest BCUT2D eigenvalue weighted by Gasteiger charge is -2.15. The molecule has 23 heavy (non-hydrogen) atoms. The van der Waals surface area contributed by atoms with Crippen molar-refractivity contribution >= 4 is 37.5 Å². The number of sulfonamides is 1. The third-order valence-electron chi connectivity index (χ3n) is 3.07. The predicted octanol–water partition coefficient (Wildman–Crippen LogP) is 3.09. The maximum absolute atomic E-state index is 13.8. The molecule has 2 aromatic carbocycles. The Kier molecular flexibility index (Phi) is 5.18. The second kappa shape index (κ2) is 6.77. The van der Waals surface area contributed by atoms with E-state index in [2.05, 4.69) is 21.2 Å². The summed E-state index contributed by atoms with van der Waals surface area (Å²) in [5.41, 5.74) is -0.0954. The van der Waals surface area contributed by atoms with E-state index in [1.807, 2.05) is 0 Å². The summed E-state index contributed by atoms with van der Waals surface area (Å²) in [5.74, 6) is -1.43. The summed E-state index contributed by atoms with van der Waals surface area (Å²) in [6, 6.07) is 9.91. The van der Waals surface area contributed by atoms with Crippen molar-refractivity contribution in [3.63, 3.8) is 0 Å². The number of nitrogens with zero attached hydrogens (tertiary/aromatic N) is 1. The number of halogens is 2. The molecule has 0 radical (unpaired) electrons. The molecule has 0 heterocycles. The molecule has 0 bridgehead atoms. The van der Waals surface area contributed by atoms with E-state index in [0.717, 1.165) is 10.4 Å². The van der Waals surface area contributed by atoms with Crippen LogP contribution in [-0.2, 0) is 10.0 Å². The molecule has 0 aliphatic heterocycles. The highest BCUT2D eigenvalue weighted by atomic mass is 79.9. The lowest BCUT2D eigenvalue weighted by molar-refractivity contribution is 0.102. The van der Waals surface area contributed by atoms with Crippen molar-refractivity contribution in [3.8, 4) is 0 Å². The second-order valence-electron chi connectivity index (χ2n) is 4.86. The summed E-state index contributed by atoms with van der Waals surface area (Å²) in [6.07, 6.45) is 0. The summed E-state index contributed by atoms with van der Waals surface area (Å²) in [4.78, 5) is 12.2. The molecule has 5 nitrogen and oxygen atoms in total. The van der Waals surface area contributed by atoms with Gasteiger partial charge in [-0.3, -0.25) is 4.79 Å². The van der Waals surface area contributed by atoms with Gasteiger partial charge in [-0.25, -0.2) is 17.1 Å². The first-order valence-corrected chi connectivity index (χ1v) is 8.74. The van der Waals surface area contributed by atoms with Crippen LogP contribution in [0.2, 0.25) is 0 Å². The van der Waals surface area contributed by atoms with Gasteiger partial charge >= 0.3 is 0 Å². The topological polar surface area (TPSA) is 66.5 Å². The van der Waals surface area contributed by atoms with E-state index in [1.165, 1.54) is 38.4 Å². The number of anilines is 1. The molecule has 0 unspecified atom stereocenters. The second-order valence-corrected chi connectivity index (χ2v) is 7.90. The monoisotopic (exact) mass is 400 g/mol. The fourth-order valence-electron chi connectivity index (χ4n) is 1.85. The third kappa shape index (κ3) is 3.77. The van der Waals surface area contributed by atoms with Crippen LogP contribution in [0.15, 0.2) is 51.8 Å². The van der Waals surface area contributed by atoms with E-state index in [9.17, 15) is 17.6 Å². The molecule has 0 aliphatic rings. The number of nitrogens with one attached hydrogen (secondary N) is 1. The molecule has 0 saturated heterocycles. The molecule has 0 atom stereocenters. The zero-order chi connectivity index (χ0) is 17.2. The van der Waals surface area contributed by atoms with Crippen LogP contribution in [0.4, 0.5) is 10.1 Å². The molecule has 122 valence electrons. The minimum atomic E-state index is -3.74. The molecule has 0 aliphatic carbocycles. The fourth-order valence-corrected chi connectivity index (χ4v) is 3.25. The van der Waals surface area contributed by atoms with Crippen LogP contribution in [0.25, 0.3) is 0 Å². The van der Waals surface area contributed by atoms with Gasteiger partial charge in [0.1, 0.15) is 10.7 Å². The highest BCUT2D eigenvalue weighted by molar-refractivity contribution is 9.10. The Bertz CT molecular complexity index is 854. The van der Waals surface area contributed by atoms with E-state index >= 15 is 0 Å². The maximum Gasteiger partial charge on any atom is 0.258 e. The molecule has 0 fully saturated rings. The van der Waals surface area contributed by atoms with E-state index in [-0.39, 0.29) is 16.1 Å². The van der Waals surface area contributed by atoms with Crippen LogP contribution in [0.5, 0.6) is 0 Å². The van der Waals surface area contributed by atoms with Gasteiger partial charge < -0.3 is 5.32 Å². The van der Waals surface area contributed by atoms with Crippen molar-refractivity contribution in [2.75, 3.05) is 19.4 Å². The first kappa shape index (κ1) is 17.6. The zero-order valence-electron chi connectivity index (χ0n) is 12.4. The average Bonchev–Trinajstić information content (AvgIpc) is 2.49. The number of para-hydroxylation sites is 1. The molecule has 0 spiro atoms. The largest absolute Gasteiger partial charge is 0.321 e. The molecular weight excluding hydrogens is 387 g/mol. The molecule has 1 amide bonds. The molecular formula is C15H14BrFN2O3S. The molecule has 2 rings (SSSR count). The number of carbonyl (C=O) groups excluding carboxylic acids is 1. The number of benzene rings is 2. The first-order valence-electron chi connectivity index (χ1n) is 6.51. The van der Waals surface area contributed by atoms with Gasteiger partial charge in [0.05, 0.1) is 11.3 Å². The van der Waals surface area contributed by atoms with Gasteiger partial charge in [0.2, 0.25) is 10.0 Å². The lowest BCUT2D eigenvalue weighted by atomic mass is 10.2. The smallest absolute Gasteiger partial charge is 0.258 e. The Labute approximate surface area is 142 Å². The Hall–Kier alpha value is -1.77. The Morgan fingerprint density at radius 3 is 2.48 bits per heavy atom. The van der Waals surface area contributed by atoms with Crippen molar-refractivity contribution in [1.29, 1.82) is 0 Å². The van der Waals surface area contributed by atoms with Crippen LogP contribution >= 0.6 is 15.9 Å². The van der Waals surface area contributed by atoms with Crippen LogP contribution in [0, 0.1) is 5.82 Å². The quantitative estimate of drug-likeness (QED) is 0.857. The van der Waals surface area contributed by atoms with Gasteiger partial charge in [-0.05, 0) is 30.3 Å². The molecule has 0 saturated carbocycles. The van der Waals surface area contributed by atoms with Crippen LogP contribution < -0.4 is 5.32 Å². The number of amides is 1. The summed E-state index contributed by atoms with van der Waals surface area (Å²) in [5, 5.41) is 2.45. The molecule has 0 aromatic heterocycles. The summed E-state index contributed by atoms with van der Waals surface area (Å²) < 4.78 is 39.9. The molecule has 1 N–H and O–H groups in total. The SMILES string of the molecule is CN(C)S(=O)(=O)c1ccccc1NC(=O)c1cc(Br)ccc1F.